The first-order valence-electron chi connectivity index (χ1n) is 10.9. The number of likely N-dealkylation sites (tertiary alicyclic amines) is 1. The molecule has 12 heteroatoms. The number of anilines is 1. The smallest absolute Gasteiger partial charge is 0.338 e. The Kier molecular flexibility index (Phi) is 8.70. The summed E-state index contributed by atoms with van der Waals surface area (Å²) >= 11 is 0. The Morgan fingerprint density at radius 1 is 1.00 bits per heavy atom. The highest BCUT2D eigenvalue weighted by molar-refractivity contribution is 6.39. The average molecular weight is 483 g/mol. The van der Waals surface area contributed by atoms with Crippen molar-refractivity contribution in [2.75, 3.05) is 25.0 Å². The number of nitrogens with zero attached hydrogens (tertiary/aromatic N) is 2. The molecule has 0 spiro atoms. The summed E-state index contributed by atoms with van der Waals surface area (Å²) in [7, 11) is 0. The molecule has 1 aromatic heterocycles. The number of ether oxygens (including phenoxy) is 1. The van der Waals surface area contributed by atoms with Gasteiger partial charge in [-0.1, -0.05) is 0 Å². The molecule has 0 atom stereocenters. The number of esters is 1. The van der Waals surface area contributed by atoms with E-state index >= 15 is 0 Å². The van der Waals surface area contributed by atoms with E-state index in [1.54, 1.807) is 19.1 Å². The summed E-state index contributed by atoms with van der Waals surface area (Å²) in [4.78, 5) is 61.0. The summed E-state index contributed by atoms with van der Waals surface area (Å²) in [6.45, 7) is 2.99. The number of benzene rings is 1. The number of rotatable bonds is 7. The van der Waals surface area contributed by atoms with E-state index in [0.717, 1.165) is 12.8 Å². The van der Waals surface area contributed by atoms with Gasteiger partial charge in [0, 0.05) is 18.8 Å². The molecular weight excluding hydrogens is 458 g/mol. The molecule has 4 amide bonds. The number of nitrogens with one attached hydrogen (secondary N) is 3. The maximum absolute atomic E-state index is 12.1. The van der Waals surface area contributed by atoms with Gasteiger partial charge in [-0.3, -0.25) is 19.2 Å². The van der Waals surface area contributed by atoms with Crippen molar-refractivity contribution in [2.24, 2.45) is 5.10 Å². The first kappa shape index (κ1) is 25.1. The highest BCUT2D eigenvalue weighted by Crippen LogP contribution is 2.11. The van der Waals surface area contributed by atoms with Crippen LogP contribution in [0.4, 0.5) is 5.69 Å². The molecule has 0 unspecified atom stereocenters. The van der Waals surface area contributed by atoms with E-state index in [1.165, 1.54) is 35.4 Å². The summed E-state index contributed by atoms with van der Waals surface area (Å²) in [6, 6.07) is 9.01. The van der Waals surface area contributed by atoms with Crippen LogP contribution >= 0.6 is 0 Å². The zero-order chi connectivity index (χ0) is 25.2. The number of furan rings is 1. The summed E-state index contributed by atoms with van der Waals surface area (Å²) in [6.07, 6.45) is 2.97. The Bertz CT molecular complexity index is 1120. The van der Waals surface area contributed by atoms with Crippen LogP contribution in [0, 0.1) is 0 Å². The van der Waals surface area contributed by atoms with Gasteiger partial charge in [0.15, 0.2) is 0 Å². The lowest BCUT2D eigenvalue weighted by Gasteiger charge is -2.12. The fourth-order valence-corrected chi connectivity index (χ4v) is 3.16. The molecule has 2 heterocycles. The number of carbonyl (C=O) groups excluding carboxylic acids is 5. The molecule has 35 heavy (non-hydrogen) atoms. The predicted octanol–water partition coefficient (Wildman–Crippen LogP) is 0.784. The normalized spacial score (nSPS) is 12.9. The van der Waals surface area contributed by atoms with Crippen LogP contribution in [0.25, 0.3) is 0 Å². The highest BCUT2D eigenvalue weighted by Gasteiger charge is 2.24. The second kappa shape index (κ2) is 12.1. The molecule has 3 N–H and O–H groups in total. The van der Waals surface area contributed by atoms with Crippen LogP contribution in [0.1, 0.15) is 41.6 Å². The Labute approximate surface area is 200 Å². The third-order valence-corrected chi connectivity index (χ3v) is 4.91. The number of hydrogen-bond donors (Lipinski definition) is 3. The van der Waals surface area contributed by atoms with Crippen molar-refractivity contribution in [3.63, 3.8) is 0 Å². The van der Waals surface area contributed by atoms with Crippen LogP contribution in [-0.2, 0) is 30.5 Å². The zero-order valence-electron chi connectivity index (χ0n) is 19.0. The lowest BCUT2D eigenvalue weighted by atomic mass is 10.2. The van der Waals surface area contributed by atoms with Gasteiger partial charge in [0.1, 0.15) is 11.5 Å². The lowest BCUT2D eigenvalue weighted by molar-refractivity contribution is -0.145. The van der Waals surface area contributed by atoms with E-state index in [-0.39, 0.29) is 18.9 Å². The van der Waals surface area contributed by atoms with Crippen molar-refractivity contribution in [1.29, 1.82) is 0 Å². The number of amides is 4. The quantitative estimate of drug-likeness (QED) is 0.227. The predicted molar refractivity (Wildman–Crippen MR) is 123 cm³/mol. The van der Waals surface area contributed by atoms with Gasteiger partial charge in [-0.15, -0.1) is 0 Å². The van der Waals surface area contributed by atoms with E-state index in [9.17, 15) is 24.0 Å². The Balaban J connectivity index is 1.42. The van der Waals surface area contributed by atoms with Crippen molar-refractivity contribution >= 4 is 41.5 Å². The molecule has 0 bridgehead atoms. The minimum atomic E-state index is -0.896. The van der Waals surface area contributed by atoms with Gasteiger partial charge < -0.3 is 24.7 Å². The SMILES string of the molecule is CCOC(=O)c1ccc(NC(=O)C(=O)NCc2ccc(/C=N/NC(=O)C(=O)N3CCCC3)o2)cc1. The molecule has 1 aromatic carbocycles. The maximum Gasteiger partial charge on any atom is 0.338 e. The molecule has 1 saturated heterocycles. The summed E-state index contributed by atoms with van der Waals surface area (Å²) in [5.74, 6) is -3.12. The van der Waals surface area contributed by atoms with Gasteiger partial charge >= 0.3 is 29.6 Å². The van der Waals surface area contributed by atoms with E-state index in [1.807, 2.05) is 0 Å². The molecule has 1 aliphatic heterocycles. The molecule has 12 nitrogen and oxygen atoms in total. The molecule has 0 radical (unpaired) electrons. The molecule has 184 valence electrons. The van der Waals surface area contributed by atoms with Gasteiger partial charge in [0.2, 0.25) is 0 Å². The number of hydrogen-bond acceptors (Lipinski definition) is 8. The standard InChI is InChI=1S/C23H25N5O7/c1-2-34-23(33)15-5-7-16(8-6-15)26-20(30)19(29)24-13-17-9-10-18(35-17)14-25-27-21(31)22(32)28-11-3-4-12-28/h5-10,14H,2-4,11-13H2,1H3,(H,24,29)(H,26,30)(H,27,31)/b25-14+. The summed E-state index contributed by atoms with van der Waals surface area (Å²) in [5.41, 5.74) is 2.81. The fourth-order valence-electron chi connectivity index (χ4n) is 3.16. The molecule has 2 aromatic rings. The van der Waals surface area contributed by atoms with Crippen molar-refractivity contribution in [3.8, 4) is 0 Å². The first-order valence-corrected chi connectivity index (χ1v) is 10.9. The van der Waals surface area contributed by atoms with E-state index < -0.39 is 29.6 Å². The molecule has 3 rings (SSSR count). The first-order chi connectivity index (χ1) is 16.9. The van der Waals surface area contributed by atoms with E-state index in [4.69, 9.17) is 9.15 Å². The zero-order valence-corrected chi connectivity index (χ0v) is 19.0. The third-order valence-electron chi connectivity index (χ3n) is 4.91. The molecule has 1 aliphatic rings. The summed E-state index contributed by atoms with van der Waals surface area (Å²) in [5, 5.41) is 8.54. The van der Waals surface area contributed by atoms with Gasteiger partial charge in [0.25, 0.3) is 0 Å². The largest absolute Gasteiger partial charge is 0.462 e. The van der Waals surface area contributed by atoms with Gasteiger partial charge in [-0.25, -0.2) is 10.2 Å². The van der Waals surface area contributed by atoms with Crippen LogP contribution in [-0.4, -0.2) is 60.4 Å². The molecular formula is C23H25N5O7. The Hall–Kier alpha value is -4.48. The second-order valence-electron chi connectivity index (χ2n) is 7.44. The fraction of sp³-hybridized carbons (Fsp3) is 0.304. The second-order valence-corrected chi connectivity index (χ2v) is 7.44. The van der Waals surface area contributed by atoms with Gasteiger partial charge in [-0.05, 0) is 56.2 Å². The number of hydrazone groups is 1. The van der Waals surface area contributed by atoms with Gasteiger partial charge in [0.05, 0.1) is 24.9 Å². The molecule has 0 saturated carbocycles. The average Bonchev–Trinajstić information content (AvgIpc) is 3.55. The minimum Gasteiger partial charge on any atom is -0.462 e. The van der Waals surface area contributed by atoms with Crippen molar-refractivity contribution in [1.82, 2.24) is 15.6 Å². The van der Waals surface area contributed by atoms with Crippen LogP contribution in [0.3, 0.4) is 0 Å². The Morgan fingerprint density at radius 2 is 1.71 bits per heavy atom. The Morgan fingerprint density at radius 3 is 2.40 bits per heavy atom. The van der Waals surface area contributed by atoms with Crippen molar-refractivity contribution < 1.29 is 33.1 Å². The maximum atomic E-state index is 12.1. The molecule has 0 aliphatic carbocycles. The van der Waals surface area contributed by atoms with E-state index in [2.05, 4.69) is 21.2 Å². The number of carbonyl (C=O) groups is 5. The molecule has 1 fully saturated rings. The monoisotopic (exact) mass is 483 g/mol. The lowest BCUT2D eigenvalue weighted by Crippen LogP contribution is -2.39. The topological polar surface area (TPSA) is 159 Å². The van der Waals surface area contributed by atoms with E-state index in [0.29, 0.717) is 30.1 Å². The van der Waals surface area contributed by atoms with Crippen molar-refractivity contribution in [3.05, 3.63) is 53.5 Å². The van der Waals surface area contributed by atoms with Gasteiger partial charge in [-0.2, -0.15) is 5.10 Å². The van der Waals surface area contributed by atoms with Crippen molar-refractivity contribution in [2.45, 2.75) is 26.3 Å². The van der Waals surface area contributed by atoms with Crippen LogP contribution in [0.5, 0.6) is 0 Å². The third kappa shape index (κ3) is 7.25. The van der Waals surface area contributed by atoms with Crippen LogP contribution in [0.15, 0.2) is 45.9 Å². The summed E-state index contributed by atoms with van der Waals surface area (Å²) < 4.78 is 10.3. The van der Waals surface area contributed by atoms with Crippen LogP contribution in [0.2, 0.25) is 0 Å². The minimum absolute atomic E-state index is 0.0678. The van der Waals surface area contributed by atoms with Crippen LogP contribution < -0.4 is 16.1 Å². The highest BCUT2D eigenvalue weighted by atomic mass is 16.5.